The minimum Gasteiger partial charge on any atom is -0.478 e. The lowest BCUT2D eigenvalue weighted by Gasteiger charge is -2.23. The van der Waals surface area contributed by atoms with Crippen molar-refractivity contribution in [1.29, 1.82) is 0 Å². The summed E-state index contributed by atoms with van der Waals surface area (Å²) in [6.45, 7) is 0. The summed E-state index contributed by atoms with van der Waals surface area (Å²) in [5, 5.41) is 11.6. The number of nitrogens with one attached hydrogen (secondary N) is 1. The van der Waals surface area contributed by atoms with Crippen LogP contribution in [0, 0.1) is 5.82 Å². The van der Waals surface area contributed by atoms with Crippen molar-refractivity contribution in [3.8, 4) is 0 Å². The number of benzene rings is 2. The third kappa shape index (κ3) is 4.99. The molecule has 2 N–H and O–H groups in total. The summed E-state index contributed by atoms with van der Waals surface area (Å²) in [6.07, 6.45) is 3.84. The number of hydrogen-bond donors (Lipinski definition) is 2. The second-order valence-electron chi connectivity index (χ2n) is 7.76. The van der Waals surface area contributed by atoms with Crippen molar-refractivity contribution in [2.75, 3.05) is 5.32 Å². The van der Waals surface area contributed by atoms with Gasteiger partial charge < -0.3 is 10.4 Å². The highest BCUT2D eigenvalue weighted by molar-refractivity contribution is 8.15. The highest BCUT2D eigenvalue weighted by atomic mass is 32.2. The van der Waals surface area contributed by atoms with Gasteiger partial charge in [0.1, 0.15) is 11.1 Å². The average Bonchev–Trinajstić information content (AvgIpc) is 3.38. The van der Waals surface area contributed by atoms with Crippen LogP contribution in [0.2, 0.25) is 0 Å². The zero-order valence-corrected chi connectivity index (χ0v) is 18.0. The van der Waals surface area contributed by atoms with Crippen molar-refractivity contribution in [3.05, 3.63) is 59.9 Å². The molecule has 1 unspecified atom stereocenters. The van der Waals surface area contributed by atoms with Crippen LogP contribution in [0.3, 0.4) is 0 Å². The van der Waals surface area contributed by atoms with Crippen molar-refractivity contribution in [1.82, 2.24) is 4.90 Å². The molecule has 1 aliphatic heterocycles. The Morgan fingerprint density at radius 1 is 1.09 bits per heavy atom. The van der Waals surface area contributed by atoms with Gasteiger partial charge in [-0.1, -0.05) is 24.6 Å². The van der Waals surface area contributed by atoms with Gasteiger partial charge in [-0.2, -0.15) is 0 Å². The van der Waals surface area contributed by atoms with Crippen molar-refractivity contribution in [2.24, 2.45) is 4.99 Å². The van der Waals surface area contributed by atoms with Gasteiger partial charge in [-0.15, -0.1) is 0 Å². The second kappa shape index (κ2) is 9.52. The fourth-order valence-electron chi connectivity index (χ4n) is 3.89. The quantitative estimate of drug-likeness (QED) is 0.672. The van der Waals surface area contributed by atoms with Crippen molar-refractivity contribution >= 4 is 46.1 Å². The predicted octanol–water partition coefficient (Wildman–Crippen LogP) is 4.43. The zero-order chi connectivity index (χ0) is 22.7. The molecule has 2 aromatic carbocycles. The largest absolute Gasteiger partial charge is 0.478 e. The molecule has 7 nitrogen and oxygen atoms in total. The van der Waals surface area contributed by atoms with Crippen LogP contribution in [-0.2, 0) is 9.59 Å². The Morgan fingerprint density at radius 2 is 1.75 bits per heavy atom. The van der Waals surface area contributed by atoms with Crippen LogP contribution in [0.5, 0.6) is 0 Å². The summed E-state index contributed by atoms with van der Waals surface area (Å²) in [5.74, 6) is -1.88. The fourth-order valence-corrected chi connectivity index (χ4v) is 5.11. The molecular formula is C23H22FN3O4S. The Hall–Kier alpha value is -3.20. The molecule has 166 valence electrons. The molecule has 2 amide bonds. The van der Waals surface area contributed by atoms with E-state index >= 15 is 0 Å². The standard InChI is InChI=1S/C23H22FN3O4S/c24-15-7-11-17(12-8-15)26-23-27(18-3-1-2-4-18)21(29)19(32-23)13-20(28)25-16-9-5-14(6-10-16)22(30)31/h5-12,18-19H,1-4,13H2,(H,25,28)(H,30,31). The average molecular weight is 456 g/mol. The Labute approximate surface area is 188 Å². The molecule has 32 heavy (non-hydrogen) atoms. The van der Waals surface area contributed by atoms with E-state index in [1.165, 1.54) is 48.2 Å². The van der Waals surface area contributed by atoms with E-state index in [-0.39, 0.29) is 35.7 Å². The predicted molar refractivity (Wildman–Crippen MR) is 121 cm³/mol. The smallest absolute Gasteiger partial charge is 0.335 e. The Bertz CT molecular complexity index is 1050. The number of nitrogens with zero attached hydrogens (tertiary/aromatic N) is 2. The number of hydrogen-bond acceptors (Lipinski definition) is 5. The molecule has 2 aromatic rings. The van der Waals surface area contributed by atoms with Crippen LogP contribution in [-0.4, -0.2) is 44.2 Å². The highest BCUT2D eigenvalue weighted by Crippen LogP contribution is 2.37. The number of aromatic carboxylic acids is 1. The van der Waals surface area contributed by atoms with Crippen molar-refractivity contribution in [2.45, 2.75) is 43.4 Å². The summed E-state index contributed by atoms with van der Waals surface area (Å²) in [6, 6.07) is 11.6. The van der Waals surface area contributed by atoms with E-state index in [1.54, 1.807) is 17.0 Å². The van der Waals surface area contributed by atoms with Gasteiger partial charge in [-0.3, -0.25) is 14.5 Å². The first-order valence-electron chi connectivity index (χ1n) is 10.4. The lowest BCUT2D eigenvalue weighted by atomic mass is 10.1. The molecule has 2 aliphatic rings. The van der Waals surface area contributed by atoms with E-state index < -0.39 is 11.2 Å². The number of carbonyl (C=O) groups is 3. The number of carboxylic acid groups (broad SMARTS) is 1. The molecule has 0 aromatic heterocycles. The number of anilines is 1. The number of amides is 2. The Balaban J connectivity index is 1.48. The first kappa shape index (κ1) is 22.0. The number of carbonyl (C=O) groups excluding carboxylic acids is 2. The molecular weight excluding hydrogens is 433 g/mol. The molecule has 4 rings (SSSR count). The summed E-state index contributed by atoms with van der Waals surface area (Å²) in [4.78, 5) is 43.0. The lowest BCUT2D eigenvalue weighted by Crippen LogP contribution is -2.40. The van der Waals surface area contributed by atoms with E-state index in [0.29, 0.717) is 16.5 Å². The summed E-state index contributed by atoms with van der Waals surface area (Å²) < 4.78 is 13.2. The first-order chi connectivity index (χ1) is 15.4. The summed E-state index contributed by atoms with van der Waals surface area (Å²) in [7, 11) is 0. The van der Waals surface area contributed by atoms with Crippen LogP contribution in [0.15, 0.2) is 53.5 Å². The third-order valence-electron chi connectivity index (χ3n) is 5.49. The van der Waals surface area contributed by atoms with Gasteiger partial charge in [0.05, 0.1) is 11.3 Å². The summed E-state index contributed by atoms with van der Waals surface area (Å²) >= 11 is 1.25. The van der Waals surface area contributed by atoms with Gasteiger partial charge in [0, 0.05) is 18.2 Å². The SMILES string of the molecule is O=C(CC1SC(=Nc2ccc(F)cc2)N(C2CCCC2)C1=O)Nc1ccc(C(=O)O)cc1. The first-order valence-corrected chi connectivity index (χ1v) is 11.3. The molecule has 1 heterocycles. The number of thioether (sulfide) groups is 1. The molecule has 9 heteroatoms. The van der Waals surface area contributed by atoms with Crippen LogP contribution in [0.1, 0.15) is 42.5 Å². The molecule has 1 aliphatic carbocycles. The van der Waals surface area contributed by atoms with E-state index in [2.05, 4.69) is 10.3 Å². The Morgan fingerprint density at radius 3 is 2.38 bits per heavy atom. The topological polar surface area (TPSA) is 99.1 Å². The molecule has 2 fully saturated rings. The van der Waals surface area contributed by atoms with Crippen LogP contribution < -0.4 is 5.32 Å². The third-order valence-corrected chi connectivity index (χ3v) is 6.65. The zero-order valence-electron chi connectivity index (χ0n) is 17.2. The molecule has 1 atom stereocenters. The fraction of sp³-hybridized carbons (Fsp3) is 0.304. The van der Waals surface area contributed by atoms with E-state index in [0.717, 1.165) is 25.7 Å². The maximum absolute atomic E-state index is 13.2. The van der Waals surface area contributed by atoms with Crippen LogP contribution in [0.4, 0.5) is 15.8 Å². The van der Waals surface area contributed by atoms with Gasteiger partial charge in [0.2, 0.25) is 11.8 Å². The number of rotatable bonds is 6. The lowest BCUT2D eigenvalue weighted by molar-refractivity contribution is -0.129. The van der Waals surface area contributed by atoms with Gasteiger partial charge in [-0.25, -0.2) is 14.2 Å². The number of carboxylic acids is 1. The minimum atomic E-state index is -1.05. The number of aliphatic imine (C=N–C) groups is 1. The molecule has 0 radical (unpaired) electrons. The normalized spacial score (nSPS) is 20.2. The van der Waals surface area contributed by atoms with Gasteiger partial charge in [-0.05, 0) is 61.4 Å². The molecule has 0 bridgehead atoms. The van der Waals surface area contributed by atoms with E-state index in [9.17, 15) is 18.8 Å². The minimum absolute atomic E-state index is 0.0319. The number of amidine groups is 1. The van der Waals surface area contributed by atoms with Crippen molar-refractivity contribution < 1.29 is 23.9 Å². The summed E-state index contributed by atoms with van der Waals surface area (Å²) in [5.41, 5.74) is 1.13. The van der Waals surface area contributed by atoms with Crippen LogP contribution in [0.25, 0.3) is 0 Å². The molecule has 1 saturated heterocycles. The van der Waals surface area contributed by atoms with Crippen LogP contribution >= 0.6 is 11.8 Å². The monoisotopic (exact) mass is 455 g/mol. The second-order valence-corrected chi connectivity index (χ2v) is 8.93. The van der Waals surface area contributed by atoms with Gasteiger partial charge in [0.25, 0.3) is 0 Å². The maximum atomic E-state index is 13.2. The van der Waals surface area contributed by atoms with Gasteiger partial charge in [0.15, 0.2) is 5.17 Å². The van der Waals surface area contributed by atoms with Gasteiger partial charge >= 0.3 is 5.97 Å². The highest BCUT2D eigenvalue weighted by Gasteiger charge is 2.43. The Kier molecular flexibility index (Phi) is 6.55. The van der Waals surface area contributed by atoms with E-state index in [1.807, 2.05) is 0 Å². The maximum Gasteiger partial charge on any atom is 0.335 e. The van der Waals surface area contributed by atoms with Crippen molar-refractivity contribution in [3.63, 3.8) is 0 Å². The molecule has 0 spiro atoms. The van der Waals surface area contributed by atoms with E-state index in [4.69, 9.17) is 5.11 Å². The number of halogens is 1. The molecule has 1 saturated carbocycles.